The number of thiocarbonyl (C=S) groups is 1. The van der Waals surface area contributed by atoms with Crippen molar-refractivity contribution in [2.45, 2.75) is 0 Å². The van der Waals surface area contributed by atoms with Crippen molar-refractivity contribution < 1.29 is 18.7 Å². The Labute approximate surface area is 187 Å². The number of carbonyl (C=O) groups excluding carboxylic acids is 2. The van der Waals surface area contributed by atoms with Gasteiger partial charge in [-0.25, -0.2) is 4.39 Å². The molecule has 3 aromatic carbocycles. The minimum absolute atomic E-state index is 0.0229. The molecule has 2 amide bonds. The summed E-state index contributed by atoms with van der Waals surface area (Å²) in [5.74, 6) is -0.765. The van der Waals surface area contributed by atoms with Crippen LogP contribution in [0.25, 0.3) is 6.08 Å². The molecule has 0 radical (unpaired) electrons. The molecule has 3 aromatic rings. The maximum absolute atomic E-state index is 13.2. The highest BCUT2D eigenvalue weighted by Gasteiger charge is 2.34. The number of halogens is 2. The predicted molar refractivity (Wildman–Crippen MR) is 121 cm³/mol. The number of hydrogen-bond donors (Lipinski definition) is 1. The van der Waals surface area contributed by atoms with Crippen LogP contribution in [0.5, 0.6) is 11.5 Å². The van der Waals surface area contributed by atoms with E-state index in [4.69, 9.17) is 28.6 Å². The molecule has 4 rings (SSSR count). The molecule has 1 N–H and O–H groups in total. The van der Waals surface area contributed by atoms with Gasteiger partial charge in [-0.3, -0.25) is 19.8 Å². The summed E-state index contributed by atoms with van der Waals surface area (Å²) in [6, 6.07) is 18.9. The Kier molecular flexibility index (Phi) is 5.79. The van der Waals surface area contributed by atoms with Crippen LogP contribution in [0, 0.1) is 5.82 Å². The molecule has 8 heteroatoms. The van der Waals surface area contributed by atoms with E-state index in [1.807, 2.05) is 0 Å². The summed E-state index contributed by atoms with van der Waals surface area (Å²) in [5.41, 5.74) is 0.856. The van der Waals surface area contributed by atoms with Gasteiger partial charge in [0.1, 0.15) is 22.9 Å². The molecule has 31 heavy (non-hydrogen) atoms. The third kappa shape index (κ3) is 4.47. The van der Waals surface area contributed by atoms with Crippen molar-refractivity contribution >= 4 is 52.5 Å². The van der Waals surface area contributed by atoms with Crippen molar-refractivity contribution in [3.8, 4) is 11.5 Å². The van der Waals surface area contributed by atoms with Crippen molar-refractivity contribution in [3.63, 3.8) is 0 Å². The lowest BCUT2D eigenvalue weighted by Gasteiger charge is -2.29. The van der Waals surface area contributed by atoms with Crippen molar-refractivity contribution in [2.75, 3.05) is 4.90 Å². The van der Waals surface area contributed by atoms with Crippen LogP contribution in [0.4, 0.5) is 10.1 Å². The Balaban J connectivity index is 1.69. The number of ether oxygens (including phenoxy) is 1. The quantitative estimate of drug-likeness (QED) is 0.340. The van der Waals surface area contributed by atoms with Gasteiger partial charge in [0.25, 0.3) is 11.8 Å². The monoisotopic (exact) mass is 452 g/mol. The molecule has 5 nitrogen and oxygen atoms in total. The van der Waals surface area contributed by atoms with Crippen LogP contribution in [-0.4, -0.2) is 16.9 Å². The zero-order valence-electron chi connectivity index (χ0n) is 15.8. The zero-order valence-corrected chi connectivity index (χ0v) is 17.4. The first-order valence-electron chi connectivity index (χ1n) is 9.12. The van der Waals surface area contributed by atoms with Crippen LogP contribution in [0.15, 0.2) is 78.4 Å². The van der Waals surface area contributed by atoms with Gasteiger partial charge >= 0.3 is 0 Å². The molecule has 0 unspecified atom stereocenters. The SMILES string of the molecule is O=C1NC(=S)N(c2ccc(Cl)cc2)C(=O)C1=Cc1ccccc1Oc1ccc(F)cc1. The van der Waals surface area contributed by atoms with Gasteiger partial charge in [-0.1, -0.05) is 29.8 Å². The minimum Gasteiger partial charge on any atom is -0.457 e. The van der Waals surface area contributed by atoms with E-state index in [2.05, 4.69) is 5.32 Å². The van der Waals surface area contributed by atoms with Crippen molar-refractivity contribution in [1.29, 1.82) is 0 Å². The maximum Gasteiger partial charge on any atom is 0.270 e. The number of para-hydroxylation sites is 1. The first-order chi connectivity index (χ1) is 14.9. The highest BCUT2D eigenvalue weighted by Crippen LogP contribution is 2.29. The number of rotatable bonds is 4. The molecular weight excluding hydrogens is 439 g/mol. The topological polar surface area (TPSA) is 58.6 Å². The lowest BCUT2D eigenvalue weighted by molar-refractivity contribution is -0.122. The molecular formula is C23H14ClFN2O3S. The fraction of sp³-hybridized carbons (Fsp3) is 0. The summed E-state index contributed by atoms with van der Waals surface area (Å²) in [5, 5.41) is 3.01. The zero-order chi connectivity index (χ0) is 22.0. The number of amides is 2. The highest BCUT2D eigenvalue weighted by molar-refractivity contribution is 7.80. The first kappa shape index (κ1) is 20.7. The lowest BCUT2D eigenvalue weighted by Crippen LogP contribution is -2.54. The van der Waals surface area contributed by atoms with E-state index in [1.165, 1.54) is 35.2 Å². The molecule has 1 fully saturated rings. The fourth-order valence-electron chi connectivity index (χ4n) is 2.96. The van der Waals surface area contributed by atoms with Crippen LogP contribution >= 0.6 is 23.8 Å². The van der Waals surface area contributed by atoms with Gasteiger partial charge in [0.15, 0.2) is 5.11 Å². The van der Waals surface area contributed by atoms with Crippen LogP contribution in [-0.2, 0) is 9.59 Å². The summed E-state index contributed by atoms with van der Waals surface area (Å²) < 4.78 is 19.0. The van der Waals surface area contributed by atoms with E-state index >= 15 is 0 Å². The Bertz CT molecular complexity index is 1210. The summed E-state index contributed by atoms with van der Waals surface area (Å²) in [6.07, 6.45) is 1.43. The second-order valence-corrected chi connectivity index (χ2v) is 7.35. The van der Waals surface area contributed by atoms with Crippen molar-refractivity contribution in [2.24, 2.45) is 0 Å². The first-order valence-corrected chi connectivity index (χ1v) is 9.90. The summed E-state index contributed by atoms with van der Waals surface area (Å²) >= 11 is 11.1. The molecule has 0 aromatic heterocycles. The molecule has 1 aliphatic heterocycles. The van der Waals surface area contributed by atoms with E-state index < -0.39 is 11.8 Å². The molecule has 154 valence electrons. The standard InChI is InChI=1S/C23H14ClFN2O3S/c24-15-5-9-17(10-6-15)27-22(29)19(21(28)26-23(27)31)13-14-3-1-2-4-20(14)30-18-11-7-16(25)8-12-18/h1-13H,(H,26,28,31). The van der Waals surface area contributed by atoms with Gasteiger partial charge in [-0.2, -0.15) is 0 Å². The lowest BCUT2D eigenvalue weighted by atomic mass is 10.1. The van der Waals surface area contributed by atoms with E-state index in [-0.39, 0.29) is 16.5 Å². The minimum atomic E-state index is -0.614. The van der Waals surface area contributed by atoms with E-state index in [0.29, 0.717) is 27.8 Å². The average Bonchev–Trinajstić information content (AvgIpc) is 2.75. The molecule has 0 bridgehead atoms. The predicted octanol–water partition coefficient (Wildman–Crippen LogP) is 5.10. The number of nitrogens with one attached hydrogen (secondary N) is 1. The van der Waals surface area contributed by atoms with Gasteiger partial charge in [-0.15, -0.1) is 0 Å². The van der Waals surface area contributed by atoms with Gasteiger partial charge in [0.05, 0.1) is 5.69 Å². The van der Waals surface area contributed by atoms with Crippen LogP contribution in [0.3, 0.4) is 0 Å². The highest BCUT2D eigenvalue weighted by atomic mass is 35.5. The molecule has 0 aliphatic carbocycles. The van der Waals surface area contributed by atoms with E-state index in [9.17, 15) is 14.0 Å². The third-order valence-corrected chi connectivity index (χ3v) is 4.98. The van der Waals surface area contributed by atoms with Gasteiger partial charge in [0.2, 0.25) is 0 Å². The maximum atomic E-state index is 13.2. The summed E-state index contributed by atoms with van der Waals surface area (Å²) in [4.78, 5) is 26.9. The molecule has 1 aliphatic rings. The molecule has 0 spiro atoms. The largest absolute Gasteiger partial charge is 0.457 e. The Morgan fingerprint density at radius 2 is 1.65 bits per heavy atom. The van der Waals surface area contributed by atoms with Crippen LogP contribution < -0.4 is 15.0 Å². The molecule has 1 saturated heterocycles. The second kappa shape index (κ2) is 8.67. The van der Waals surface area contributed by atoms with Crippen molar-refractivity contribution in [1.82, 2.24) is 5.32 Å². The smallest absolute Gasteiger partial charge is 0.270 e. The molecule has 1 heterocycles. The Hall–Kier alpha value is -3.55. The third-order valence-electron chi connectivity index (χ3n) is 4.45. The summed E-state index contributed by atoms with van der Waals surface area (Å²) in [7, 11) is 0. The number of carbonyl (C=O) groups is 2. The van der Waals surface area contributed by atoms with Crippen LogP contribution in [0.2, 0.25) is 5.02 Å². The molecule has 0 saturated carbocycles. The van der Waals surface area contributed by atoms with Gasteiger partial charge in [0, 0.05) is 10.6 Å². The number of anilines is 1. The fourth-order valence-corrected chi connectivity index (χ4v) is 3.37. The second-order valence-electron chi connectivity index (χ2n) is 6.53. The normalized spacial score (nSPS) is 15.2. The number of nitrogens with zero attached hydrogens (tertiary/aromatic N) is 1. The Morgan fingerprint density at radius 3 is 2.35 bits per heavy atom. The number of benzene rings is 3. The van der Waals surface area contributed by atoms with Crippen molar-refractivity contribution in [3.05, 3.63) is 94.8 Å². The molecule has 0 atom stereocenters. The van der Waals surface area contributed by atoms with Gasteiger partial charge < -0.3 is 4.74 Å². The van der Waals surface area contributed by atoms with E-state index in [0.717, 1.165) is 0 Å². The van der Waals surface area contributed by atoms with Gasteiger partial charge in [-0.05, 0) is 72.9 Å². The average molecular weight is 453 g/mol. The summed E-state index contributed by atoms with van der Waals surface area (Å²) in [6.45, 7) is 0. The van der Waals surface area contributed by atoms with E-state index in [1.54, 1.807) is 48.5 Å². The van der Waals surface area contributed by atoms with Crippen LogP contribution in [0.1, 0.15) is 5.56 Å². The number of hydrogen-bond acceptors (Lipinski definition) is 4. The Morgan fingerprint density at radius 1 is 0.968 bits per heavy atom.